The highest BCUT2D eigenvalue weighted by Crippen LogP contribution is 2.21. The lowest BCUT2D eigenvalue weighted by Gasteiger charge is -2.07. The molecule has 0 aliphatic heterocycles. The van der Waals surface area contributed by atoms with Gasteiger partial charge < -0.3 is 19.2 Å². The van der Waals surface area contributed by atoms with Crippen LogP contribution in [0.5, 0.6) is 0 Å². The number of aromatic amines is 1. The minimum Gasteiger partial charge on any atom is -0.550 e. The van der Waals surface area contributed by atoms with E-state index in [1.165, 1.54) is 30.5 Å². The van der Waals surface area contributed by atoms with Crippen molar-refractivity contribution in [2.45, 2.75) is 18.1 Å². The van der Waals surface area contributed by atoms with Crippen LogP contribution in [-0.4, -0.2) is 44.5 Å². The molecule has 0 fully saturated rings. The lowest BCUT2D eigenvalue weighted by Crippen LogP contribution is -2.29. The molecule has 0 amide bonds. The zero-order valence-corrected chi connectivity index (χ0v) is 12.9. The number of aryl methyl sites for hydroxylation is 1. The van der Waals surface area contributed by atoms with Crippen LogP contribution in [0, 0.1) is 0 Å². The van der Waals surface area contributed by atoms with Crippen LogP contribution < -0.4 is 16.4 Å². The first-order valence-corrected chi connectivity index (χ1v) is 7.45. The summed E-state index contributed by atoms with van der Waals surface area (Å²) in [6.45, 7) is 0.712. The first-order valence-electron chi connectivity index (χ1n) is 6.46. The van der Waals surface area contributed by atoms with Crippen LogP contribution in [0.3, 0.4) is 0 Å². The van der Waals surface area contributed by atoms with Gasteiger partial charge in [0, 0.05) is 32.4 Å². The van der Waals surface area contributed by atoms with Gasteiger partial charge in [-0.05, 0) is 6.42 Å². The predicted molar refractivity (Wildman–Crippen MR) is 77.8 cm³/mol. The Balaban J connectivity index is 2.51. The number of thioether (sulfide) groups is 1. The molecule has 0 radical (unpaired) electrons. The average molecular weight is 327 g/mol. The number of hydrogen-bond acceptors (Lipinski definition) is 7. The van der Waals surface area contributed by atoms with Crippen molar-refractivity contribution in [3.63, 3.8) is 0 Å². The maximum absolute atomic E-state index is 12.0. The van der Waals surface area contributed by atoms with E-state index < -0.39 is 17.2 Å². The van der Waals surface area contributed by atoms with Crippen LogP contribution in [0.1, 0.15) is 6.42 Å². The summed E-state index contributed by atoms with van der Waals surface area (Å²) in [5.74, 6) is -0.901. The summed E-state index contributed by atoms with van der Waals surface area (Å²) >= 11 is 1.18. The van der Waals surface area contributed by atoms with E-state index in [1.807, 2.05) is 0 Å². The van der Waals surface area contributed by atoms with Gasteiger partial charge in [0.05, 0.1) is 6.61 Å². The van der Waals surface area contributed by atoms with E-state index in [4.69, 9.17) is 4.74 Å². The van der Waals surface area contributed by atoms with Crippen molar-refractivity contribution in [2.75, 3.05) is 19.5 Å². The fourth-order valence-electron chi connectivity index (χ4n) is 1.94. The number of carbonyl (C=O) groups is 1. The van der Waals surface area contributed by atoms with Crippen molar-refractivity contribution in [1.29, 1.82) is 0 Å². The number of carboxylic acids is 1. The maximum Gasteiger partial charge on any atom is 0.329 e. The van der Waals surface area contributed by atoms with E-state index in [9.17, 15) is 19.5 Å². The molecule has 2 heterocycles. The summed E-state index contributed by atoms with van der Waals surface area (Å²) in [6, 6.07) is 0. The Bertz CT molecular complexity index is 806. The van der Waals surface area contributed by atoms with Gasteiger partial charge in [0.25, 0.3) is 5.56 Å². The molecule has 0 bridgehead atoms. The molecule has 0 spiro atoms. The number of H-pyrrole nitrogens is 1. The van der Waals surface area contributed by atoms with Gasteiger partial charge in [-0.15, -0.1) is 0 Å². The third-order valence-corrected chi connectivity index (χ3v) is 4.01. The quantitative estimate of drug-likeness (QED) is 0.602. The Hall–Kier alpha value is -2.07. The third kappa shape index (κ3) is 3.22. The van der Waals surface area contributed by atoms with E-state index in [1.54, 1.807) is 4.57 Å². The van der Waals surface area contributed by atoms with E-state index in [-0.39, 0.29) is 23.3 Å². The number of hydrogen-bond donors (Lipinski definition) is 1. The van der Waals surface area contributed by atoms with Crippen LogP contribution in [0.25, 0.3) is 11.2 Å². The van der Waals surface area contributed by atoms with Crippen LogP contribution in [0.4, 0.5) is 0 Å². The topological polar surface area (TPSA) is 122 Å². The number of aromatic nitrogens is 4. The van der Waals surface area contributed by atoms with Crippen molar-refractivity contribution >= 4 is 28.9 Å². The van der Waals surface area contributed by atoms with E-state index in [0.717, 1.165) is 0 Å². The first kappa shape index (κ1) is 16.3. The summed E-state index contributed by atoms with van der Waals surface area (Å²) in [6.07, 6.45) is -0.132. The van der Waals surface area contributed by atoms with Gasteiger partial charge in [-0.1, -0.05) is 11.8 Å². The molecule has 2 aromatic rings. The normalized spacial score (nSPS) is 11.2. The minimum absolute atomic E-state index is 0.132. The van der Waals surface area contributed by atoms with Crippen molar-refractivity contribution in [3.8, 4) is 0 Å². The number of carboxylic acid groups (broad SMARTS) is 1. The summed E-state index contributed by atoms with van der Waals surface area (Å²) in [5, 5.41) is 11.0. The Morgan fingerprint density at radius 1 is 1.45 bits per heavy atom. The van der Waals surface area contributed by atoms with Gasteiger partial charge in [0.2, 0.25) is 0 Å². The molecule has 10 heteroatoms. The maximum atomic E-state index is 12.0. The number of nitrogens with one attached hydrogen (secondary N) is 1. The molecule has 0 unspecified atom stereocenters. The molecule has 0 aromatic carbocycles. The zero-order chi connectivity index (χ0) is 16.3. The standard InChI is InChI=1S/C12H16N4O5S/c1-15-9-8(10(19)14-11(15)20)16(4-5-21-2)12(13-9)22-6-3-7(17)18/h3-6H2,1-2H3,(H,17,18)(H,14,19,20)/p-1. The highest BCUT2D eigenvalue weighted by molar-refractivity contribution is 7.99. The number of ether oxygens (including phenoxy) is 1. The third-order valence-electron chi connectivity index (χ3n) is 3.03. The van der Waals surface area contributed by atoms with Gasteiger partial charge in [0.15, 0.2) is 16.3 Å². The molecule has 22 heavy (non-hydrogen) atoms. The largest absolute Gasteiger partial charge is 0.550 e. The lowest BCUT2D eigenvalue weighted by atomic mass is 10.5. The summed E-state index contributed by atoms with van der Waals surface area (Å²) in [4.78, 5) is 40.7. The van der Waals surface area contributed by atoms with Gasteiger partial charge in [0.1, 0.15) is 0 Å². The van der Waals surface area contributed by atoms with Crippen LogP contribution in [-0.2, 0) is 23.1 Å². The smallest absolute Gasteiger partial charge is 0.329 e. The van der Waals surface area contributed by atoms with Gasteiger partial charge in [-0.25, -0.2) is 9.78 Å². The predicted octanol–water partition coefficient (Wildman–Crippen LogP) is -1.70. The molecular formula is C12H15N4O5S-. The number of fused-ring (bicyclic) bond motifs is 1. The molecule has 0 aliphatic carbocycles. The molecule has 9 nitrogen and oxygen atoms in total. The average Bonchev–Trinajstić information content (AvgIpc) is 2.81. The Labute approximate surface area is 128 Å². The van der Waals surface area contributed by atoms with Crippen molar-refractivity contribution in [1.82, 2.24) is 19.1 Å². The second kappa shape index (κ2) is 6.79. The zero-order valence-electron chi connectivity index (χ0n) is 12.1. The molecule has 0 saturated heterocycles. The summed E-state index contributed by atoms with van der Waals surface area (Å²) in [5.41, 5.74) is -0.579. The molecular weight excluding hydrogens is 312 g/mol. The monoisotopic (exact) mass is 327 g/mol. The van der Waals surface area contributed by atoms with Crippen LogP contribution in [0.15, 0.2) is 14.7 Å². The molecule has 120 valence electrons. The molecule has 2 rings (SSSR count). The molecule has 1 N–H and O–H groups in total. The van der Waals surface area contributed by atoms with E-state index in [2.05, 4.69) is 9.97 Å². The molecule has 0 saturated carbocycles. The minimum atomic E-state index is -1.16. The Morgan fingerprint density at radius 2 is 2.18 bits per heavy atom. The van der Waals surface area contributed by atoms with E-state index in [0.29, 0.717) is 18.3 Å². The first-order chi connectivity index (χ1) is 10.5. The SMILES string of the molecule is COCCn1c(SCCC(=O)[O-])nc2c1c(=O)[nH]c(=O)n2C. The van der Waals surface area contributed by atoms with Gasteiger partial charge in [-0.3, -0.25) is 14.3 Å². The number of methoxy groups -OCH3 is 1. The second-order valence-electron chi connectivity index (χ2n) is 4.50. The molecule has 2 aromatic heterocycles. The van der Waals surface area contributed by atoms with E-state index >= 15 is 0 Å². The second-order valence-corrected chi connectivity index (χ2v) is 5.56. The number of aliphatic carboxylic acids is 1. The van der Waals surface area contributed by atoms with Crippen LogP contribution in [0.2, 0.25) is 0 Å². The summed E-state index contributed by atoms with van der Waals surface area (Å²) in [7, 11) is 3.03. The highest BCUT2D eigenvalue weighted by Gasteiger charge is 2.17. The van der Waals surface area contributed by atoms with Crippen molar-refractivity contribution < 1.29 is 14.6 Å². The van der Waals surface area contributed by atoms with Crippen LogP contribution >= 0.6 is 11.8 Å². The highest BCUT2D eigenvalue weighted by atomic mass is 32.2. The molecule has 0 atom stereocenters. The Morgan fingerprint density at radius 3 is 2.82 bits per heavy atom. The number of nitrogens with zero attached hydrogens (tertiary/aromatic N) is 3. The fourth-order valence-corrected chi connectivity index (χ4v) is 2.88. The molecule has 0 aliphatic rings. The number of rotatable bonds is 7. The van der Waals surface area contributed by atoms with Gasteiger partial charge >= 0.3 is 5.69 Å². The number of carbonyl (C=O) groups excluding carboxylic acids is 1. The lowest BCUT2D eigenvalue weighted by molar-refractivity contribution is -0.305. The fraction of sp³-hybridized carbons (Fsp3) is 0.500. The summed E-state index contributed by atoms with van der Waals surface area (Å²) < 4.78 is 7.87. The van der Waals surface area contributed by atoms with Crippen molar-refractivity contribution in [3.05, 3.63) is 20.8 Å². The number of imidazole rings is 1. The Kier molecular flexibility index (Phi) is 5.03. The van der Waals surface area contributed by atoms with Crippen molar-refractivity contribution in [2.24, 2.45) is 7.05 Å². The van der Waals surface area contributed by atoms with Gasteiger partial charge in [-0.2, -0.15) is 0 Å².